The van der Waals surface area contributed by atoms with E-state index in [0.717, 1.165) is 0 Å². The normalized spacial score (nSPS) is 32.8. The van der Waals surface area contributed by atoms with Crippen molar-refractivity contribution in [2.24, 2.45) is 11.3 Å². The van der Waals surface area contributed by atoms with E-state index >= 15 is 0 Å². The standard InChI is InChI=1S/C18H22F6O5S/c1-14(29-13(25)18(23,24)30(26,27)28)9-11-3-2-4-12(10-14)15(11)5-7-16(19,20)17(21,22)8-6-15/h9,12H,2-8,10H2,1H3,(H,26,27,28). The first kappa shape index (κ1) is 23.4. The lowest BCUT2D eigenvalue weighted by molar-refractivity contribution is -0.210. The molecule has 30 heavy (non-hydrogen) atoms. The molecule has 3 aliphatic rings. The zero-order chi connectivity index (χ0) is 22.8. The number of ether oxygens (including phenoxy) is 1. The molecule has 1 N–H and O–H groups in total. The Balaban J connectivity index is 1.93. The van der Waals surface area contributed by atoms with E-state index in [1.807, 2.05) is 0 Å². The fraction of sp³-hybridized carbons (Fsp3) is 0.833. The molecule has 2 bridgehead atoms. The van der Waals surface area contributed by atoms with Gasteiger partial charge in [0.05, 0.1) is 0 Å². The van der Waals surface area contributed by atoms with Gasteiger partial charge in [-0.25, -0.2) is 4.79 Å². The highest BCUT2D eigenvalue weighted by Crippen LogP contribution is 2.62. The number of hydrogen-bond donors (Lipinski definition) is 1. The second kappa shape index (κ2) is 6.85. The van der Waals surface area contributed by atoms with E-state index in [2.05, 4.69) is 0 Å². The van der Waals surface area contributed by atoms with Gasteiger partial charge in [-0.2, -0.15) is 34.8 Å². The molecule has 2 saturated carbocycles. The van der Waals surface area contributed by atoms with Crippen molar-refractivity contribution in [2.75, 3.05) is 0 Å². The highest BCUT2D eigenvalue weighted by Gasteiger charge is 2.63. The molecule has 0 saturated heterocycles. The van der Waals surface area contributed by atoms with Crippen LogP contribution < -0.4 is 0 Å². The number of allylic oxidation sites excluding steroid dienone is 1. The summed E-state index contributed by atoms with van der Waals surface area (Å²) in [4.78, 5) is 11.8. The van der Waals surface area contributed by atoms with Gasteiger partial charge in [0.1, 0.15) is 5.60 Å². The fourth-order valence-corrected chi connectivity index (χ4v) is 5.44. The maximum atomic E-state index is 13.9. The molecule has 0 radical (unpaired) electrons. The van der Waals surface area contributed by atoms with Crippen LogP contribution in [-0.4, -0.2) is 41.6 Å². The summed E-state index contributed by atoms with van der Waals surface area (Å²) in [6, 6.07) is 0. The molecule has 0 aromatic heterocycles. The Kier molecular flexibility index (Phi) is 5.33. The summed E-state index contributed by atoms with van der Waals surface area (Å²) in [5.74, 6) is -11.3. The lowest BCUT2D eigenvalue weighted by Crippen LogP contribution is -2.50. The van der Waals surface area contributed by atoms with Gasteiger partial charge in [-0.05, 0) is 62.9 Å². The van der Waals surface area contributed by atoms with Crippen molar-refractivity contribution in [3.63, 3.8) is 0 Å². The second-order valence-electron chi connectivity index (χ2n) is 8.72. The molecular formula is C18H22F6O5S. The van der Waals surface area contributed by atoms with Crippen LogP contribution in [0.2, 0.25) is 0 Å². The van der Waals surface area contributed by atoms with Gasteiger partial charge in [0.15, 0.2) is 0 Å². The van der Waals surface area contributed by atoms with E-state index < -0.39 is 63.0 Å². The van der Waals surface area contributed by atoms with E-state index in [0.29, 0.717) is 24.8 Å². The third-order valence-corrected chi connectivity index (χ3v) is 7.56. The zero-order valence-electron chi connectivity index (χ0n) is 16.1. The van der Waals surface area contributed by atoms with Gasteiger partial charge in [0.2, 0.25) is 0 Å². The highest BCUT2D eigenvalue weighted by atomic mass is 32.2. The Hall–Kier alpha value is -1.30. The molecule has 3 rings (SSSR count). The molecule has 12 heteroatoms. The van der Waals surface area contributed by atoms with Gasteiger partial charge < -0.3 is 4.74 Å². The first-order valence-corrected chi connectivity index (χ1v) is 11.0. The molecule has 0 heterocycles. The first-order valence-electron chi connectivity index (χ1n) is 9.52. The molecule has 172 valence electrons. The van der Waals surface area contributed by atoms with Gasteiger partial charge in [0.25, 0.3) is 0 Å². The summed E-state index contributed by atoms with van der Waals surface area (Å²) in [5, 5.41) is -5.18. The number of rotatable bonds is 3. The van der Waals surface area contributed by atoms with Crippen molar-refractivity contribution in [2.45, 2.75) is 81.0 Å². The molecule has 0 aromatic rings. The number of esters is 1. The summed E-state index contributed by atoms with van der Waals surface area (Å²) in [5.41, 5.74) is -2.17. The van der Waals surface area contributed by atoms with Crippen LogP contribution >= 0.6 is 0 Å². The lowest BCUT2D eigenvalue weighted by atomic mass is 9.54. The summed E-state index contributed by atoms with van der Waals surface area (Å²) < 4.78 is 118. The van der Waals surface area contributed by atoms with Crippen LogP contribution in [0, 0.1) is 11.3 Å². The van der Waals surface area contributed by atoms with Crippen molar-refractivity contribution in [1.82, 2.24) is 0 Å². The summed E-state index contributed by atoms with van der Waals surface area (Å²) >= 11 is 0. The Labute approximate surface area is 169 Å². The predicted molar refractivity (Wildman–Crippen MR) is 91.8 cm³/mol. The molecule has 0 aromatic carbocycles. The van der Waals surface area contributed by atoms with Gasteiger partial charge in [-0.3, -0.25) is 4.55 Å². The fourth-order valence-electron chi connectivity index (χ4n) is 5.18. The minimum atomic E-state index is -6.05. The van der Waals surface area contributed by atoms with Crippen LogP contribution in [0.3, 0.4) is 0 Å². The quantitative estimate of drug-likeness (QED) is 0.283. The molecule has 3 aliphatic carbocycles. The van der Waals surface area contributed by atoms with Crippen LogP contribution in [0.5, 0.6) is 0 Å². The van der Waals surface area contributed by atoms with Crippen LogP contribution in [0.1, 0.15) is 58.3 Å². The van der Waals surface area contributed by atoms with E-state index in [1.54, 1.807) is 0 Å². The summed E-state index contributed by atoms with van der Waals surface area (Å²) in [6.45, 7) is 1.26. The minimum Gasteiger partial charge on any atom is -0.450 e. The van der Waals surface area contributed by atoms with Crippen molar-refractivity contribution in [3.8, 4) is 0 Å². The molecule has 2 unspecified atom stereocenters. The number of carbonyl (C=O) groups excluding carboxylic acids is 1. The van der Waals surface area contributed by atoms with E-state index in [-0.39, 0.29) is 19.3 Å². The molecular weight excluding hydrogens is 442 g/mol. The largest absolute Gasteiger partial charge is 0.465 e. The monoisotopic (exact) mass is 464 g/mol. The number of carbonyl (C=O) groups is 1. The predicted octanol–water partition coefficient (Wildman–Crippen LogP) is 4.73. The topological polar surface area (TPSA) is 80.7 Å². The number of alkyl halides is 6. The average molecular weight is 464 g/mol. The van der Waals surface area contributed by atoms with Crippen LogP contribution in [-0.2, 0) is 19.6 Å². The van der Waals surface area contributed by atoms with Crippen LogP contribution in [0.4, 0.5) is 26.3 Å². The van der Waals surface area contributed by atoms with E-state index in [1.165, 1.54) is 13.0 Å². The van der Waals surface area contributed by atoms with Crippen molar-refractivity contribution in [3.05, 3.63) is 11.6 Å². The Bertz CT molecular complexity index is 850. The summed E-state index contributed by atoms with van der Waals surface area (Å²) in [6.07, 6.45) is 0.149. The lowest BCUT2D eigenvalue weighted by Gasteiger charge is -2.53. The maximum Gasteiger partial charge on any atom is 0.465 e. The number of hydrogen-bond acceptors (Lipinski definition) is 4. The minimum absolute atomic E-state index is 0.110. The first-order chi connectivity index (χ1) is 13.5. The molecule has 2 fully saturated rings. The van der Waals surface area contributed by atoms with E-state index in [4.69, 9.17) is 9.29 Å². The molecule has 0 aliphatic heterocycles. The van der Waals surface area contributed by atoms with Gasteiger partial charge in [-0.1, -0.05) is 5.57 Å². The van der Waals surface area contributed by atoms with Crippen LogP contribution in [0.15, 0.2) is 11.6 Å². The average Bonchev–Trinajstić information content (AvgIpc) is 2.66. The zero-order valence-corrected chi connectivity index (χ0v) is 16.9. The van der Waals surface area contributed by atoms with Gasteiger partial charge in [0, 0.05) is 12.8 Å². The SMILES string of the molecule is CC1(OC(=O)C(F)(F)S(=O)(=O)O)C=C2CCCC(C1)C21CCC(F)(F)C(F)(F)CC1. The van der Waals surface area contributed by atoms with Crippen LogP contribution in [0.25, 0.3) is 0 Å². The van der Waals surface area contributed by atoms with E-state index in [9.17, 15) is 39.6 Å². The Morgan fingerprint density at radius 2 is 1.67 bits per heavy atom. The smallest absolute Gasteiger partial charge is 0.450 e. The van der Waals surface area contributed by atoms with Crippen molar-refractivity contribution in [1.29, 1.82) is 0 Å². The third-order valence-electron chi connectivity index (χ3n) is 6.74. The molecule has 2 atom stereocenters. The molecule has 5 nitrogen and oxygen atoms in total. The Morgan fingerprint density at radius 3 is 2.13 bits per heavy atom. The van der Waals surface area contributed by atoms with Crippen molar-refractivity contribution >= 4 is 16.1 Å². The molecule has 0 amide bonds. The van der Waals surface area contributed by atoms with Gasteiger partial charge >= 0.3 is 33.2 Å². The maximum absolute atomic E-state index is 13.9. The molecule has 1 spiro atoms. The van der Waals surface area contributed by atoms with Crippen molar-refractivity contribution < 1.29 is 48.8 Å². The highest BCUT2D eigenvalue weighted by molar-refractivity contribution is 7.87. The summed E-state index contributed by atoms with van der Waals surface area (Å²) in [7, 11) is -6.05. The number of halogens is 6. The Morgan fingerprint density at radius 1 is 1.13 bits per heavy atom. The third kappa shape index (κ3) is 3.63. The second-order valence-corrected chi connectivity index (χ2v) is 10.2. The van der Waals surface area contributed by atoms with Gasteiger partial charge in [-0.15, -0.1) is 0 Å².